The van der Waals surface area contributed by atoms with Crippen molar-refractivity contribution < 1.29 is 9.90 Å². The highest BCUT2D eigenvalue weighted by Gasteiger charge is 2.16. The van der Waals surface area contributed by atoms with Crippen LogP contribution in [0.15, 0.2) is 22.8 Å². The number of hydrogen-bond acceptors (Lipinski definition) is 2. The fraction of sp³-hybridized carbons (Fsp3) is 0.286. The summed E-state index contributed by atoms with van der Waals surface area (Å²) in [6.45, 7) is 5.88. The zero-order chi connectivity index (χ0) is 14.2. The Morgan fingerprint density at radius 3 is 2.37 bits per heavy atom. The molecule has 0 fully saturated rings. The van der Waals surface area contributed by atoms with E-state index < -0.39 is 5.97 Å². The topological polar surface area (TPSA) is 55.1 Å². The van der Waals surface area contributed by atoms with E-state index in [4.69, 9.17) is 5.11 Å². The molecule has 0 amide bonds. The molecule has 0 atom stereocenters. The monoisotopic (exact) mass is 322 g/mol. The van der Waals surface area contributed by atoms with Gasteiger partial charge in [-0.05, 0) is 60.0 Å². The second kappa shape index (κ2) is 5.17. The standard InChI is InChI=1S/C14H15BrN2O2/c1-8-4-9(2)6-11(5-8)17-14(15)12(7-13(18)19)10(3)16-17/h4-6H,7H2,1-3H3,(H,18,19). The normalized spacial score (nSPS) is 10.7. The average molecular weight is 323 g/mol. The number of carboxylic acid groups (broad SMARTS) is 1. The molecule has 2 aromatic rings. The van der Waals surface area contributed by atoms with Crippen molar-refractivity contribution in [3.05, 3.63) is 45.2 Å². The van der Waals surface area contributed by atoms with Crippen molar-refractivity contribution in [1.82, 2.24) is 9.78 Å². The Labute approximate surface area is 120 Å². The Morgan fingerprint density at radius 1 is 1.26 bits per heavy atom. The van der Waals surface area contributed by atoms with Crippen molar-refractivity contribution in [3.8, 4) is 5.69 Å². The highest BCUT2D eigenvalue weighted by atomic mass is 79.9. The number of hydrogen-bond donors (Lipinski definition) is 1. The quantitative estimate of drug-likeness (QED) is 0.944. The average Bonchev–Trinajstić information content (AvgIpc) is 2.55. The van der Waals surface area contributed by atoms with Gasteiger partial charge in [-0.1, -0.05) is 6.07 Å². The minimum Gasteiger partial charge on any atom is -0.481 e. The summed E-state index contributed by atoms with van der Waals surface area (Å²) in [6, 6.07) is 6.13. The molecular weight excluding hydrogens is 308 g/mol. The predicted molar refractivity (Wildman–Crippen MR) is 76.8 cm³/mol. The molecule has 0 aliphatic carbocycles. The second-order valence-corrected chi connectivity index (χ2v) is 5.43. The molecule has 1 N–H and O–H groups in total. The van der Waals surface area contributed by atoms with Crippen LogP contribution < -0.4 is 0 Å². The SMILES string of the molecule is Cc1cc(C)cc(-n2nc(C)c(CC(=O)O)c2Br)c1. The first kappa shape index (κ1) is 13.8. The summed E-state index contributed by atoms with van der Waals surface area (Å²) in [4.78, 5) is 10.9. The molecule has 5 heteroatoms. The zero-order valence-electron chi connectivity index (χ0n) is 11.1. The molecule has 0 spiro atoms. The Bertz CT molecular complexity index is 627. The van der Waals surface area contributed by atoms with Crippen LogP contribution in [0, 0.1) is 20.8 Å². The van der Waals surface area contributed by atoms with Gasteiger partial charge in [0.2, 0.25) is 0 Å². The van der Waals surface area contributed by atoms with Gasteiger partial charge in [0, 0.05) is 5.56 Å². The third-order valence-electron chi connectivity index (χ3n) is 2.90. The first-order chi connectivity index (χ1) is 8.88. The molecule has 0 aliphatic rings. The molecule has 0 aliphatic heterocycles. The molecule has 1 aromatic carbocycles. The lowest BCUT2D eigenvalue weighted by atomic mass is 10.1. The number of carboxylic acids is 1. The van der Waals surface area contributed by atoms with Crippen molar-refractivity contribution in [2.45, 2.75) is 27.2 Å². The van der Waals surface area contributed by atoms with Gasteiger partial charge < -0.3 is 5.11 Å². The van der Waals surface area contributed by atoms with Crippen LogP contribution in [-0.2, 0) is 11.2 Å². The first-order valence-electron chi connectivity index (χ1n) is 5.93. The Balaban J connectivity index is 2.54. The highest BCUT2D eigenvalue weighted by molar-refractivity contribution is 9.10. The van der Waals surface area contributed by atoms with Crippen LogP contribution in [0.1, 0.15) is 22.4 Å². The van der Waals surface area contributed by atoms with Crippen LogP contribution >= 0.6 is 15.9 Å². The van der Waals surface area contributed by atoms with E-state index >= 15 is 0 Å². The van der Waals surface area contributed by atoms with E-state index in [2.05, 4.69) is 27.1 Å². The lowest BCUT2D eigenvalue weighted by molar-refractivity contribution is -0.136. The molecule has 0 radical (unpaired) electrons. The molecule has 1 aromatic heterocycles. The summed E-state index contributed by atoms with van der Waals surface area (Å²) in [5.74, 6) is -0.858. The number of nitrogens with zero attached hydrogens (tertiary/aromatic N) is 2. The largest absolute Gasteiger partial charge is 0.481 e. The van der Waals surface area contributed by atoms with Crippen LogP contribution in [0.4, 0.5) is 0 Å². The summed E-state index contributed by atoms with van der Waals surface area (Å²) in [6.07, 6.45) is -0.0305. The van der Waals surface area contributed by atoms with E-state index in [1.165, 1.54) is 0 Å². The highest BCUT2D eigenvalue weighted by Crippen LogP contribution is 2.25. The molecule has 2 rings (SSSR count). The molecule has 0 unspecified atom stereocenters. The summed E-state index contributed by atoms with van der Waals surface area (Å²) in [7, 11) is 0. The number of halogens is 1. The van der Waals surface area contributed by atoms with Gasteiger partial charge in [-0.3, -0.25) is 4.79 Å². The van der Waals surface area contributed by atoms with Crippen molar-refractivity contribution in [1.29, 1.82) is 0 Å². The minimum absolute atomic E-state index is 0.0305. The molecular formula is C14H15BrN2O2. The van der Waals surface area contributed by atoms with Gasteiger partial charge in [0.05, 0.1) is 17.8 Å². The van der Waals surface area contributed by atoms with Crippen LogP contribution in [0.25, 0.3) is 5.69 Å². The van der Waals surface area contributed by atoms with Crippen molar-refractivity contribution in [2.75, 3.05) is 0 Å². The molecule has 4 nitrogen and oxygen atoms in total. The van der Waals surface area contributed by atoms with E-state index in [1.54, 1.807) is 4.68 Å². The summed E-state index contributed by atoms with van der Waals surface area (Å²) < 4.78 is 2.45. The van der Waals surface area contributed by atoms with E-state index in [-0.39, 0.29) is 6.42 Å². The first-order valence-corrected chi connectivity index (χ1v) is 6.72. The van der Waals surface area contributed by atoms with Gasteiger partial charge in [0.1, 0.15) is 4.60 Å². The summed E-state index contributed by atoms with van der Waals surface area (Å²) in [5, 5.41) is 13.3. The van der Waals surface area contributed by atoms with Crippen LogP contribution in [0.2, 0.25) is 0 Å². The van der Waals surface area contributed by atoms with Crippen LogP contribution in [0.3, 0.4) is 0 Å². The van der Waals surface area contributed by atoms with E-state index in [9.17, 15) is 4.79 Å². The smallest absolute Gasteiger partial charge is 0.307 e. The van der Waals surface area contributed by atoms with Crippen molar-refractivity contribution in [2.24, 2.45) is 0 Å². The summed E-state index contributed by atoms with van der Waals surface area (Å²) in [5.41, 5.74) is 4.67. The van der Waals surface area contributed by atoms with Crippen LogP contribution in [0.5, 0.6) is 0 Å². The maximum absolute atomic E-state index is 10.9. The molecule has 1 heterocycles. The summed E-state index contributed by atoms with van der Waals surface area (Å²) >= 11 is 3.45. The van der Waals surface area contributed by atoms with Gasteiger partial charge in [-0.15, -0.1) is 0 Å². The molecule has 0 saturated carbocycles. The van der Waals surface area contributed by atoms with E-state index in [1.807, 2.05) is 32.9 Å². The van der Waals surface area contributed by atoms with Crippen LogP contribution in [-0.4, -0.2) is 20.9 Å². The van der Waals surface area contributed by atoms with Gasteiger partial charge in [-0.25, -0.2) is 4.68 Å². The van der Waals surface area contributed by atoms with Gasteiger partial charge in [0.15, 0.2) is 0 Å². The molecule has 0 bridgehead atoms. The Kier molecular flexibility index (Phi) is 3.75. The third-order valence-corrected chi connectivity index (χ3v) is 3.72. The molecule has 0 saturated heterocycles. The second-order valence-electron chi connectivity index (χ2n) is 4.68. The van der Waals surface area contributed by atoms with E-state index in [0.717, 1.165) is 22.5 Å². The predicted octanol–water partition coefficient (Wildman–Crippen LogP) is 3.19. The van der Waals surface area contributed by atoms with Gasteiger partial charge in [-0.2, -0.15) is 5.10 Å². The zero-order valence-corrected chi connectivity index (χ0v) is 12.7. The fourth-order valence-corrected chi connectivity index (χ4v) is 2.84. The number of rotatable bonds is 3. The number of aryl methyl sites for hydroxylation is 3. The molecule has 100 valence electrons. The maximum Gasteiger partial charge on any atom is 0.307 e. The van der Waals surface area contributed by atoms with Gasteiger partial charge >= 0.3 is 5.97 Å². The third kappa shape index (κ3) is 2.87. The minimum atomic E-state index is -0.858. The van der Waals surface area contributed by atoms with Crippen molar-refractivity contribution in [3.63, 3.8) is 0 Å². The molecule has 19 heavy (non-hydrogen) atoms. The Morgan fingerprint density at radius 2 is 1.84 bits per heavy atom. The number of aliphatic carboxylic acids is 1. The lowest BCUT2D eigenvalue weighted by Crippen LogP contribution is -2.02. The Hall–Kier alpha value is -1.62. The maximum atomic E-state index is 10.9. The number of aromatic nitrogens is 2. The van der Waals surface area contributed by atoms with E-state index in [0.29, 0.717) is 10.2 Å². The van der Waals surface area contributed by atoms with Crippen molar-refractivity contribution >= 4 is 21.9 Å². The number of benzene rings is 1. The fourth-order valence-electron chi connectivity index (χ4n) is 2.13. The van der Waals surface area contributed by atoms with Gasteiger partial charge in [0.25, 0.3) is 0 Å². The number of carbonyl (C=O) groups is 1. The lowest BCUT2D eigenvalue weighted by Gasteiger charge is -2.06.